The zero-order valence-corrected chi connectivity index (χ0v) is 17.0. The number of aromatic nitrogens is 2. The van der Waals surface area contributed by atoms with E-state index < -0.39 is 0 Å². The summed E-state index contributed by atoms with van der Waals surface area (Å²) in [6.45, 7) is 6.52. The van der Waals surface area contributed by atoms with Gasteiger partial charge in [0.2, 0.25) is 5.91 Å². The molecule has 0 unspecified atom stereocenters. The number of carbonyl (C=O) groups excluding carboxylic acids is 1. The van der Waals surface area contributed by atoms with E-state index in [2.05, 4.69) is 42.8 Å². The van der Waals surface area contributed by atoms with Crippen molar-refractivity contribution in [1.29, 1.82) is 0 Å². The summed E-state index contributed by atoms with van der Waals surface area (Å²) in [5, 5.41) is 1.17. The van der Waals surface area contributed by atoms with E-state index in [9.17, 15) is 9.59 Å². The van der Waals surface area contributed by atoms with Gasteiger partial charge in [0.1, 0.15) is 0 Å². The molecule has 2 aliphatic rings. The van der Waals surface area contributed by atoms with Crippen LogP contribution in [-0.4, -0.2) is 33.0 Å². The number of benzene rings is 1. The molecular formula is C24H27N3O2. The molecule has 0 saturated carbocycles. The van der Waals surface area contributed by atoms with Crippen LogP contribution in [0.25, 0.3) is 10.9 Å². The van der Waals surface area contributed by atoms with Crippen LogP contribution in [0.15, 0.2) is 53.5 Å². The Labute approximate surface area is 170 Å². The molecule has 2 aliphatic heterocycles. The monoisotopic (exact) mass is 389 g/mol. The lowest BCUT2D eigenvalue weighted by Crippen LogP contribution is -2.49. The molecule has 2 bridgehead atoms. The predicted molar refractivity (Wildman–Crippen MR) is 114 cm³/mol. The fourth-order valence-corrected chi connectivity index (χ4v) is 5.22. The molecule has 2 aromatic heterocycles. The largest absolute Gasteiger partial charge is 0.345 e. The summed E-state index contributed by atoms with van der Waals surface area (Å²) in [6.07, 6.45) is 3.65. The van der Waals surface area contributed by atoms with E-state index in [-0.39, 0.29) is 17.4 Å². The third-order valence-corrected chi connectivity index (χ3v) is 6.55. The zero-order chi connectivity index (χ0) is 20.1. The molecule has 0 N–H and O–H groups in total. The lowest BCUT2D eigenvalue weighted by atomic mass is 9.83. The minimum atomic E-state index is 0.0819. The number of rotatable bonds is 3. The van der Waals surface area contributed by atoms with E-state index in [1.54, 1.807) is 6.07 Å². The Morgan fingerprint density at radius 1 is 1.07 bits per heavy atom. The van der Waals surface area contributed by atoms with Crippen LogP contribution in [0.3, 0.4) is 0 Å². The number of fused-ring (bicyclic) bond motifs is 5. The van der Waals surface area contributed by atoms with Gasteiger partial charge in [-0.15, -0.1) is 0 Å². The summed E-state index contributed by atoms with van der Waals surface area (Å²) in [4.78, 5) is 27.5. The first-order valence-electron chi connectivity index (χ1n) is 10.6. The molecule has 1 amide bonds. The second kappa shape index (κ2) is 6.90. The van der Waals surface area contributed by atoms with E-state index in [1.165, 1.54) is 10.9 Å². The third kappa shape index (κ3) is 3.09. The summed E-state index contributed by atoms with van der Waals surface area (Å²) in [6, 6.07) is 14.2. The summed E-state index contributed by atoms with van der Waals surface area (Å²) in [7, 11) is 0. The van der Waals surface area contributed by atoms with Crippen molar-refractivity contribution in [2.24, 2.45) is 5.92 Å². The van der Waals surface area contributed by atoms with Crippen LogP contribution < -0.4 is 5.56 Å². The minimum absolute atomic E-state index is 0.0819. The van der Waals surface area contributed by atoms with Crippen LogP contribution in [-0.2, 0) is 17.8 Å². The number of hydrogen-bond acceptors (Lipinski definition) is 2. The van der Waals surface area contributed by atoms with Crippen molar-refractivity contribution in [1.82, 2.24) is 14.0 Å². The number of likely N-dealkylation sites (tertiary alicyclic amines) is 1. The van der Waals surface area contributed by atoms with Crippen molar-refractivity contribution >= 4 is 16.8 Å². The van der Waals surface area contributed by atoms with Gasteiger partial charge in [-0.2, -0.15) is 0 Å². The van der Waals surface area contributed by atoms with E-state index in [1.807, 2.05) is 27.7 Å². The highest BCUT2D eigenvalue weighted by molar-refractivity contribution is 5.89. The standard InChI is InChI=1S/C24H27N3O2/c1-16(2)26-15-18(20-6-3-4-7-22(20)26)11-24(29)25-12-17-10-19(14-25)21-8-5-9-23(28)27(21)13-17/h3-9,15-17,19H,10-14H2,1-2H3/t17-,19+/m1/s1. The Balaban J connectivity index is 1.41. The molecule has 5 rings (SSSR count). The molecule has 150 valence electrons. The van der Waals surface area contributed by atoms with Crippen LogP contribution in [0.4, 0.5) is 0 Å². The molecule has 29 heavy (non-hydrogen) atoms. The molecule has 3 aromatic rings. The molecular weight excluding hydrogens is 362 g/mol. The van der Waals surface area contributed by atoms with Gasteiger partial charge in [-0.05, 0) is 43.9 Å². The van der Waals surface area contributed by atoms with E-state index in [0.717, 1.165) is 30.8 Å². The van der Waals surface area contributed by atoms with E-state index in [4.69, 9.17) is 0 Å². The third-order valence-electron chi connectivity index (χ3n) is 6.55. The van der Waals surface area contributed by atoms with Crippen LogP contribution in [0, 0.1) is 5.92 Å². The fourth-order valence-electron chi connectivity index (χ4n) is 5.22. The quantitative estimate of drug-likeness (QED) is 0.688. The molecule has 4 heterocycles. The first-order valence-corrected chi connectivity index (χ1v) is 10.6. The molecule has 5 nitrogen and oxygen atoms in total. The van der Waals surface area contributed by atoms with Gasteiger partial charge in [-0.25, -0.2) is 0 Å². The summed E-state index contributed by atoms with van der Waals surface area (Å²) in [5.74, 6) is 0.817. The Morgan fingerprint density at radius 2 is 1.90 bits per heavy atom. The average Bonchev–Trinajstić information content (AvgIpc) is 3.08. The van der Waals surface area contributed by atoms with Gasteiger partial charge in [0.05, 0.1) is 6.42 Å². The maximum atomic E-state index is 13.2. The number of hydrogen-bond donors (Lipinski definition) is 0. The SMILES string of the molecule is CC(C)n1cc(CC(=O)N2C[C@H]3C[C@@H](C2)c2cccc(=O)n2C3)c2ccccc21. The molecule has 1 aromatic carbocycles. The summed E-state index contributed by atoms with van der Waals surface area (Å²) < 4.78 is 4.17. The maximum absolute atomic E-state index is 13.2. The first kappa shape index (κ1) is 18.2. The normalized spacial score (nSPS) is 20.9. The van der Waals surface area contributed by atoms with E-state index in [0.29, 0.717) is 24.9 Å². The van der Waals surface area contributed by atoms with Crippen molar-refractivity contribution in [3.8, 4) is 0 Å². The van der Waals surface area contributed by atoms with Crippen molar-refractivity contribution in [2.45, 2.75) is 45.2 Å². The number of pyridine rings is 1. The van der Waals surface area contributed by atoms with Crippen LogP contribution in [0.1, 0.15) is 43.5 Å². The Bertz CT molecular complexity index is 1140. The van der Waals surface area contributed by atoms with Crippen molar-refractivity contribution in [3.05, 3.63) is 70.3 Å². The van der Waals surface area contributed by atoms with Crippen LogP contribution in [0.5, 0.6) is 0 Å². The number of carbonyl (C=O) groups is 1. The Hall–Kier alpha value is -2.82. The number of nitrogens with zero attached hydrogens (tertiary/aromatic N) is 3. The fraction of sp³-hybridized carbons (Fsp3) is 0.417. The first-order chi connectivity index (χ1) is 14.0. The molecule has 0 radical (unpaired) electrons. The molecule has 0 aliphatic carbocycles. The van der Waals surface area contributed by atoms with Crippen molar-refractivity contribution in [3.63, 3.8) is 0 Å². The van der Waals surface area contributed by atoms with Gasteiger partial charge in [0.25, 0.3) is 5.56 Å². The maximum Gasteiger partial charge on any atom is 0.250 e. The number of amides is 1. The predicted octanol–water partition coefficient (Wildman–Crippen LogP) is 3.57. The van der Waals surface area contributed by atoms with Gasteiger partial charge in [-0.1, -0.05) is 24.3 Å². The molecule has 5 heteroatoms. The highest BCUT2D eigenvalue weighted by Gasteiger charge is 2.36. The molecule has 0 spiro atoms. The molecule has 1 saturated heterocycles. The average molecular weight is 389 g/mol. The van der Waals surface area contributed by atoms with Gasteiger partial charge in [0, 0.05) is 60.5 Å². The van der Waals surface area contributed by atoms with Gasteiger partial charge < -0.3 is 14.0 Å². The minimum Gasteiger partial charge on any atom is -0.345 e. The number of para-hydroxylation sites is 1. The molecule has 1 fully saturated rings. The lowest BCUT2D eigenvalue weighted by molar-refractivity contribution is -0.133. The highest BCUT2D eigenvalue weighted by atomic mass is 16.2. The second-order valence-corrected chi connectivity index (χ2v) is 8.85. The molecule has 2 atom stereocenters. The van der Waals surface area contributed by atoms with Gasteiger partial charge >= 0.3 is 0 Å². The van der Waals surface area contributed by atoms with Gasteiger partial charge in [0.15, 0.2) is 0 Å². The van der Waals surface area contributed by atoms with Crippen molar-refractivity contribution in [2.75, 3.05) is 13.1 Å². The van der Waals surface area contributed by atoms with Crippen LogP contribution >= 0.6 is 0 Å². The Kier molecular flexibility index (Phi) is 4.34. The lowest BCUT2D eigenvalue weighted by Gasteiger charge is -2.42. The zero-order valence-electron chi connectivity index (χ0n) is 17.0. The van der Waals surface area contributed by atoms with Gasteiger partial charge in [-0.3, -0.25) is 9.59 Å². The van der Waals surface area contributed by atoms with Crippen molar-refractivity contribution < 1.29 is 4.79 Å². The summed E-state index contributed by atoms with van der Waals surface area (Å²) in [5.41, 5.74) is 3.46. The highest BCUT2D eigenvalue weighted by Crippen LogP contribution is 2.35. The number of piperidine rings is 1. The Morgan fingerprint density at radius 3 is 2.72 bits per heavy atom. The smallest absolute Gasteiger partial charge is 0.250 e. The van der Waals surface area contributed by atoms with Crippen LogP contribution in [0.2, 0.25) is 0 Å². The summed E-state index contributed by atoms with van der Waals surface area (Å²) >= 11 is 0. The van der Waals surface area contributed by atoms with E-state index >= 15 is 0 Å². The second-order valence-electron chi connectivity index (χ2n) is 8.85. The topological polar surface area (TPSA) is 47.2 Å².